The van der Waals surface area contributed by atoms with E-state index >= 15 is 0 Å². The predicted octanol–water partition coefficient (Wildman–Crippen LogP) is -0.129. The van der Waals surface area contributed by atoms with E-state index in [4.69, 9.17) is 5.11 Å². The normalized spacial score (nSPS) is 27.6. The highest BCUT2D eigenvalue weighted by atomic mass is 16.4. The molecule has 2 aliphatic heterocycles. The minimum Gasteiger partial charge on any atom is -0.481 e. The summed E-state index contributed by atoms with van der Waals surface area (Å²) in [5.41, 5.74) is 0. The number of carboxylic acid groups (broad SMARTS) is 1. The number of amides is 1. The lowest BCUT2D eigenvalue weighted by Crippen LogP contribution is -2.56. The SMILES string of the molecule is CN1CCCC(C(=O)N2CC(C(=O)O)C2)C1. The molecule has 2 rings (SSSR count). The molecule has 0 aliphatic carbocycles. The van der Waals surface area contributed by atoms with Crippen molar-refractivity contribution in [3.8, 4) is 0 Å². The van der Waals surface area contributed by atoms with E-state index in [1.54, 1.807) is 4.90 Å². The first-order valence-corrected chi connectivity index (χ1v) is 5.78. The number of piperidine rings is 1. The second-order valence-corrected chi connectivity index (χ2v) is 4.88. The van der Waals surface area contributed by atoms with Crippen LogP contribution in [0.3, 0.4) is 0 Å². The van der Waals surface area contributed by atoms with Crippen LogP contribution in [0.25, 0.3) is 0 Å². The van der Waals surface area contributed by atoms with E-state index in [1.807, 2.05) is 7.05 Å². The Morgan fingerprint density at radius 3 is 2.44 bits per heavy atom. The van der Waals surface area contributed by atoms with Crippen LogP contribution in [-0.2, 0) is 9.59 Å². The van der Waals surface area contributed by atoms with Crippen LogP contribution in [0.15, 0.2) is 0 Å². The fourth-order valence-electron chi connectivity index (χ4n) is 2.44. The van der Waals surface area contributed by atoms with Gasteiger partial charge in [-0.25, -0.2) is 0 Å². The van der Waals surface area contributed by atoms with Gasteiger partial charge in [-0.05, 0) is 26.4 Å². The summed E-state index contributed by atoms with van der Waals surface area (Å²) >= 11 is 0. The number of hydrogen-bond donors (Lipinski definition) is 1. The Morgan fingerprint density at radius 1 is 1.19 bits per heavy atom. The van der Waals surface area contributed by atoms with Gasteiger partial charge in [0.2, 0.25) is 5.91 Å². The lowest BCUT2D eigenvalue weighted by atomic mass is 9.93. The molecule has 90 valence electrons. The molecule has 0 spiro atoms. The molecule has 2 heterocycles. The summed E-state index contributed by atoms with van der Waals surface area (Å²) < 4.78 is 0. The molecular weight excluding hydrogens is 208 g/mol. The number of aliphatic carboxylic acids is 1. The van der Waals surface area contributed by atoms with Crippen molar-refractivity contribution in [2.24, 2.45) is 11.8 Å². The van der Waals surface area contributed by atoms with Crippen molar-refractivity contribution in [3.63, 3.8) is 0 Å². The quantitative estimate of drug-likeness (QED) is 0.712. The third kappa shape index (κ3) is 2.19. The average Bonchev–Trinajstić information content (AvgIpc) is 2.14. The van der Waals surface area contributed by atoms with Gasteiger partial charge in [-0.1, -0.05) is 0 Å². The summed E-state index contributed by atoms with van der Waals surface area (Å²) in [6, 6.07) is 0. The molecule has 2 fully saturated rings. The molecule has 1 amide bonds. The van der Waals surface area contributed by atoms with Crippen molar-refractivity contribution in [2.75, 3.05) is 33.2 Å². The number of hydrogen-bond acceptors (Lipinski definition) is 3. The van der Waals surface area contributed by atoms with Crippen molar-refractivity contribution >= 4 is 11.9 Å². The van der Waals surface area contributed by atoms with Crippen LogP contribution in [-0.4, -0.2) is 60.0 Å². The minimum atomic E-state index is -0.787. The van der Waals surface area contributed by atoms with Crippen LogP contribution in [0.5, 0.6) is 0 Å². The third-order valence-corrected chi connectivity index (χ3v) is 3.52. The van der Waals surface area contributed by atoms with Gasteiger partial charge < -0.3 is 14.9 Å². The van der Waals surface area contributed by atoms with Crippen LogP contribution in [0, 0.1) is 11.8 Å². The fraction of sp³-hybridized carbons (Fsp3) is 0.818. The lowest BCUT2D eigenvalue weighted by molar-refractivity contribution is -0.155. The summed E-state index contributed by atoms with van der Waals surface area (Å²) in [5.74, 6) is -0.910. The molecule has 0 radical (unpaired) electrons. The Labute approximate surface area is 95.0 Å². The molecule has 0 saturated carbocycles. The van der Waals surface area contributed by atoms with Crippen molar-refractivity contribution in [3.05, 3.63) is 0 Å². The van der Waals surface area contributed by atoms with E-state index in [1.165, 1.54) is 0 Å². The minimum absolute atomic E-state index is 0.0773. The van der Waals surface area contributed by atoms with Gasteiger partial charge in [0.25, 0.3) is 0 Å². The topological polar surface area (TPSA) is 60.9 Å². The molecule has 2 aliphatic rings. The van der Waals surface area contributed by atoms with Gasteiger partial charge in [0.1, 0.15) is 0 Å². The van der Waals surface area contributed by atoms with Gasteiger partial charge in [-0.3, -0.25) is 9.59 Å². The number of carbonyl (C=O) groups is 2. The third-order valence-electron chi connectivity index (χ3n) is 3.52. The summed E-state index contributed by atoms with van der Waals surface area (Å²) in [4.78, 5) is 26.5. The Balaban J connectivity index is 1.82. The van der Waals surface area contributed by atoms with Crippen LogP contribution in [0.1, 0.15) is 12.8 Å². The van der Waals surface area contributed by atoms with Crippen LogP contribution in [0.2, 0.25) is 0 Å². The molecule has 5 heteroatoms. The first-order valence-electron chi connectivity index (χ1n) is 5.78. The molecule has 16 heavy (non-hydrogen) atoms. The molecule has 2 saturated heterocycles. The van der Waals surface area contributed by atoms with Gasteiger partial charge >= 0.3 is 5.97 Å². The van der Waals surface area contributed by atoms with E-state index in [0.29, 0.717) is 13.1 Å². The molecule has 0 bridgehead atoms. The Bertz CT molecular complexity index is 300. The van der Waals surface area contributed by atoms with Crippen molar-refractivity contribution < 1.29 is 14.7 Å². The Kier molecular flexibility index (Phi) is 3.14. The van der Waals surface area contributed by atoms with Crippen LogP contribution in [0.4, 0.5) is 0 Å². The van der Waals surface area contributed by atoms with Gasteiger partial charge in [-0.15, -0.1) is 0 Å². The Hall–Kier alpha value is -1.10. The molecule has 0 aromatic rings. The van der Waals surface area contributed by atoms with E-state index in [0.717, 1.165) is 25.9 Å². The average molecular weight is 226 g/mol. The maximum Gasteiger partial charge on any atom is 0.310 e. The molecule has 1 atom stereocenters. The number of likely N-dealkylation sites (tertiary alicyclic amines) is 2. The molecule has 0 aromatic heterocycles. The zero-order valence-corrected chi connectivity index (χ0v) is 9.56. The first kappa shape index (κ1) is 11.4. The van der Waals surface area contributed by atoms with Crippen molar-refractivity contribution in [1.29, 1.82) is 0 Å². The Morgan fingerprint density at radius 2 is 1.88 bits per heavy atom. The number of carboxylic acids is 1. The molecule has 1 N–H and O–H groups in total. The molecule has 5 nitrogen and oxygen atoms in total. The summed E-state index contributed by atoms with van der Waals surface area (Å²) in [6.07, 6.45) is 2.00. The molecule has 1 unspecified atom stereocenters. The second kappa shape index (κ2) is 4.41. The highest BCUT2D eigenvalue weighted by molar-refractivity contribution is 5.83. The van der Waals surface area contributed by atoms with E-state index in [9.17, 15) is 9.59 Å². The lowest BCUT2D eigenvalue weighted by Gasteiger charge is -2.40. The standard InChI is InChI=1S/C11H18N2O3/c1-12-4-2-3-8(5-12)10(14)13-6-9(7-13)11(15)16/h8-9H,2-7H2,1H3,(H,15,16). The van der Waals surface area contributed by atoms with Crippen molar-refractivity contribution in [1.82, 2.24) is 9.80 Å². The second-order valence-electron chi connectivity index (χ2n) is 4.88. The summed E-state index contributed by atoms with van der Waals surface area (Å²) in [7, 11) is 2.02. The smallest absolute Gasteiger partial charge is 0.310 e. The zero-order chi connectivity index (χ0) is 11.7. The molecule has 0 aromatic carbocycles. The summed E-state index contributed by atoms with van der Waals surface area (Å²) in [5, 5.41) is 8.74. The van der Waals surface area contributed by atoms with Gasteiger partial charge in [0, 0.05) is 19.6 Å². The highest BCUT2D eigenvalue weighted by Crippen LogP contribution is 2.23. The van der Waals surface area contributed by atoms with Gasteiger partial charge in [0.15, 0.2) is 0 Å². The summed E-state index contributed by atoms with van der Waals surface area (Å²) in [6.45, 7) is 2.66. The maximum atomic E-state index is 12.0. The van der Waals surface area contributed by atoms with Crippen LogP contribution >= 0.6 is 0 Å². The van der Waals surface area contributed by atoms with Crippen molar-refractivity contribution in [2.45, 2.75) is 12.8 Å². The molecular formula is C11H18N2O3. The van der Waals surface area contributed by atoms with E-state index < -0.39 is 5.97 Å². The van der Waals surface area contributed by atoms with Gasteiger partial charge in [-0.2, -0.15) is 0 Å². The first-order chi connectivity index (χ1) is 7.58. The largest absolute Gasteiger partial charge is 0.481 e. The van der Waals surface area contributed by atoms with Gasteiger partial charge in [0.05, 0.1) is 11.8 Å². The number of nitrogens with zero attached hydrogens (tertiary/aromatic N) is 2. The van der Waals surface area contributed by atoms with Crippen LogP contribution < -0.4 is 0 Å². The van der Waals surface area contributed by atoms with E-state index in [-0.39, 0.29) is 17.7 Å². The monoisotopic (exact) mass is 226 g/mol. The fourth-order valence-corrected chi connectivity index (χ4v) is 2.44. The predicted molar refractivity (Wildman–Crippen MR) is 57.9 cm³/mol. The van der Waals surface area contributed by atoms with E-state index in [2.05, 4.69) is 4.90 Å². The highest BCUT2D eigenvalue weighted by Gasteiger charge is 2.38. The number of carbonyl (C=O) groups excluding carboxylic acids is 1. The maximum absolute atomic E-state index is 12.0. The number of rotatable bonds is 2. The zero-order valence-electron chi connectivity index (χ0n) is 9.56.